The maximum absolute atomic E-state index is 11.6. The summed E-state index contributed by atoms with van der Waals surface area (Å²) in [6.07, 6.45) is 1.23. The van der Waals surface area contributed by atoms with Gasteiger partial charge in [-0.3, -0.25) is 14.9 Å². The summed E-state index contributed by atoms with van der Waals surface area (Å²) in [7, 11) is 0. The number of nitro benzene ring substituents is 1. The van der Waals surface area contributed by atoms with Crippen molar-refractivity contribution in [2.45, 2.75) is 39.7 Å². The Morgan fingerprint density at radius 3 is 2.70 bits per heavy atom. The molecular formula is C14H21N3O3. The standard InChI is InChI=1S/C14H21N3O3/c1-4-11(3)16-14(18)5-6-15-12-7-10(2)8-13(9-12)17(19)20/h7-9,11,15H,4-6H2,1-3H3,(H,16,18). The van der Waals surface area contributed by atoms with Gasteiger partial charge in [0.2, 0.25) is 5.91 Å². The van der Waals surface area contributed by atoms with Crippen molar-refractivity contribution >= 4 is 17.3 Å². The summed E-state index contributed by atoms with van der Waals surface area (Å²) < 4.78 is 0. The molecule has 0 saturated heterocycles. The van der Waals surface area contributed by atoms with Gasteiger partial charge in [-0.05, 0) is 31.9 Å². The zero-order chi connectivity index (χ0) is 15.1. The van der Waals surface area contributed by atoms with Crippen molar-refractivity contribution < 1.29 is 9.72 Å². The number of hydrogen-bond donors (Lipinski definition) is 2. The summed E-state index contributed by atoms with van der Waals surface area (Å²) in [6, 6.07) is 4.97. The van der Waals surface area contributed by atoms with Crippen LogP contribution >= 0.6 is 0 Å². The van der Waals surface area contributed by atoms with Crippen LogP contribution < -0.4 is 10.6 Å². The SMILES string of the molecule is CCC(C)NC(=O)CCNc1cc(C)cc([N+](=O)[O-])c1. The van der Waals surface area contributed by atoms with E-state index in [1.165, 1.54) is 12.1 Å². The lowest BCUT2D eigenvalue weighted by Gasteiger charge is -2.12. The van der Waals surface area contributed by atoms with E-state index in [1.54, 1.807) is 6.92 Å². The molecule has 20 heavy (non-hydrogen) atoms. The largest absolute Gasteiger partial charge is 0.384 e. The Hall–Kier alpha value is -2.11. The molecule has 0 radical (unpaired) electrons. The van der Waals surface area contributed by atoms with E-state index in [9.17, 15) is 14.9 Å². The summed E-state index contributed by atoms with van der Waals surface area (Å²) in [5.41, 5.74) is 1.52. The molecule has 2 N–H and O–H groups in total. The summed E-state index contributed by atoms with van der Waals surface area (Å²) in [5, 5.41) is 16.7. The second kappa shape index (κ2) is 7.47. The normalized spacial score (nSPS) is 11.8. The highest BCUT2D eigenvalue weighted by atomic mass is 16.6. The second-order valence-electron chi connectivity index (χ2n) is 4.87. The molecule has 1 aromatic rings. The molecule has 0 aliphatic rings. The van der Waals surface area contributed by atoms with Gasteiger partial charge < -0.3 is 10.6 Å². The minimum Gasteiger partial charge on any atom is -0.384 e. The third-order valence-electron chi connectivity index (χ3n) is 2.97. The van der Waals surface area contributed by atoms with E-state index >= 15 is 0 Å². The molecule has 1 unspecified atom stereocenters. The Morgan fingerprint density at radius 1 is 1.40 bits per heavy atom. The number of carbonyl (C=O) groups is 1. The highest BCUT2D eigenvalue weighted by Crippen LogP contribution is 2.20. The van der Waals surface area contributed by atoms with Gasteiger partial charge in [-0.25, -0.2) is 0 Å². The lowest BCUT2D eigenvalue weighted by atomic mass is 10.2. The quantitative estimate of drug-likeness (QED) is 0.593. The summed E-state index contributed by atoms with van der Waals surface area (Å²) in [6.45, 7) is 6.21. The second-order valence-corrected chi connectivity index (χ2v) is 4.87. The number of rotatable bonds is 7. The van der Waals surface area contributed by atoms with E-state index in [2.05, 4.69) is 10.6 Å². The summed E-state index contributed by atoms with van der Waals surface area (Å²) in [5.74, 6) is -0.0194. The number of non-ortho nitro benzene ring substituents is 1. The molecule has 0 aliphatic heterocycles. The minimum absolute atomic E-state index is 0.0194. The van der Waals surface area contributed by atoms with Crippen molar-refractivity contribution in [1.29, 1.82) is 0 Å². The smallest absolute Gasteiger partial charge is 0.271 e. The number of amides is 1. The molecule has 0 heterocycles. The van der Waals surface area contributed by atoms with Crippen molar-refractivity contribution in [2.24, 2.45) is 0 Å². The molecule has 110 valence electrons. The van der Waals surface area contributed by atoms with Crippen molar-refractivity contribution in [1.82, 2.24) is 5.32 Å². The van der Waals surface area contributed by atoms with Crippen LogP contribution in [0.25, 0.3) is 0 Å². The fourth-order valence-corrected chi connectivity index (χ4v) is 1.74. The Balaban J connectivity index is 2.50. The predicted octanol–water partition coefficient (Wildman–Crippen LogP) is 2.62. The first-order valence-corrected chi connectivity index (χ1v) is 6.71. The van der Waals surface area contributed by atoms with Gasteiger partial charge in [0.05, 0.1) is 4.92 Å². The maximum atomic E-state index is 11.6. The van der Waals surface area contributed by atoms with Crippen molar-refractivity contribution in [3.63, 3.8) is 0 Å². The van der Waals surface area contributed by atoms with E-state index in [4.69, 9.17) is 0 Å². The Labute approximate surface area is 118 Å². The third kappa shape index (κ3) is 5.26. The highest BCUT2D eigenvalue weighted by molar-refractivity contribution is 5.76. The number of nitro groups is 1. The van der Waals surface area contributed by atoms with Crippen LogP contribution in [-0.4, -0.2) is 23.4 Å². The number of carbonyl (C=O) groups excluding carboxylic acids is 1. The Morgan fingerprint density at radius 2 is 2.10 bits per heavy atom. The molecule has 0 fully saturated rings. The number of aryl methyl sites for hydroxylation is 1. The highest BCUT2D eigenvalue weighted by Gasteiger charge is 2.09. The molecule has 0 bridgehead atoms. The molecule has 1 rings (SSSR count). The van der Waals surface area contributed by atoms with E-state index in [-0.39, 0.29) is 17.6 Å². The zero-order valence-corrected chi connectivity index (χ0v) is 12.1. The molecule has 0 spiro atoms. The zero-order valence-electron chi connectivity index (χ0n) is 12.1. The average Bonchev–Trinajstić information content (AvgIpc) is 2.37. The van der Waals surface area contributed by atoms with E-state index in [1.807, 2.05) is 19.9 Å². The van der Waals surface area contributed by atoms with Gasteiger partial charge in [0.1, 0.15) is 0 Å². The molecule has 0 aliphatic carbocycles. The number of anilines is 1. The van der Waals surface area contributed by atoms with Crippen LogP contribution in [0.3, 0.4) is 0 Å². The monoisotopic (exact) mass is 279 g/mol. The predicted molar refractivity (Wildman–Crippen MR) is 78.8 cm³/mol. The van der Waals surface area contributed by atoms with Crippen LogP contribution in [0.2, 0.25) is 0 Å². The first-order valence-electron chi connectivity index (χ1n) is 6.71. The summed E-state index contributed by atoms with van der Waals surface area (Å²) >= 11 is 0. The first-order chi connectivity index (χ1) is 9.42. The van der Waals surface area contributed by atoms with Crippen LogP contribution in [0.15, 0.2) is 18.2 Å². The van der Waals surface area contributed by atoms with Gasteiger partial charge >= 0.3 is 0 Å². The van der Waals surface area contributed by atoms with E-state index < -0.39 is 4.92 Å². The molecule has 1 amide bonds. The number of nitrogens with zero attached hydrogens (tertiary/aromatic N) is 1. The van der Waals surface area contributed by atoms with Crippen molar-refractivity contribution in [3.8, 4) is 0 Å². The lowest BCUT2D eigenvalue weighted by molar-refractivity contribution is -0.384. The molecule has 1 aromatic carbocycles. The van der Waals surface area contributed by atoms with Gasteiger partial charge in [-0.2, -0.15) is 0 Å². The summed E-state index contributed by atoms with van der Waals surface area (Å²) in [4.78, 5) is 21.9. The van der Waals surface area contributed by atoms with Crippen molar-refractivity contribution in [2.75, 3.05) is 11.9 Å². The molecule has 0 aromatic heterocycles. The Kier molecular flexibility index (Phi) is 5.96. The average molecular weight is 279 g/mol. The van der Waals surface area contributed by atoms with Gasteiger partial charge in [0, 0.05) is 36.8 Å². The minimum atomic E-state index is -0.423. The number of benzene rings is 1. The molecule has 6 heteroatoms. The van der Waals surface area contributed by atoms with Gasteiger partial charge in [0.15, 0.2) is 0 Å². The Bertz CT molecular complexity index is 489. The lowest BCUT2D eigenvalue weighted by Crippen LogP contribution is -2.32. The van der Waals surface area contributed by atoms with Gasteiger partial charge in [0.25, 0.3) is 5.69 Å². The molecule has 1 atom stereocenters. The topological polar surface area (TPSA) is 84.3 Å². The van der Waals surface area contributed by atoms with Crippen LogP contribution in [-0.2, 0) is 4.79 Å². The van der Waals surface area contributed by atoms with Crippen LogP contribution in [0.5, 0.6) is 0 Å². The maximum Gasteiger partial charge on any atom is 0.271 e. The molecular weight excluding hydrogens is 258 g/mol. The van der Waals surface area contributed by atoms with Gasteiger partial charge in [-0.1, -0.05) is 6.92 Å². The van der Waals surface area contributed by atoms with E-state index in [0.717, 1.165) is 12.0 Å². The number of hydrogen-bond acceptors (Lipinski definition) is 4. The first kappa shape index (κ1) is 15.9. The fourth-order valence-electron chi connectivity index (χ4n) is 1.74. The van der Waals surface area contributed by atoms with Crippen molar-refractivity contribution in [3.05, 3.63) is 33.9 Å². The fraction of sp³-hybridized carbons (Fsp3) is 0.500. The van der Waals surface area contributed by atoms with E-state index in [0.29, 0.717) is 18.7 Å². The van der Waals surface area contributed by atoms with Crippen LogP contribution in [0.1, 0.15) is 32.3 Å². The number of nitrogens with one attached hydrogen (secondary N) is 2. The van der Waals surface area contributed by atoms with Gasteiger partial charge in [-0.15, -0.1) is 0 Å². The molecule has 0 saturated carbocycles. The third-order valence-corrected chi connectivity index (χ3v) is 2.97. The molecule has 6 nitrogen and oxygen atoms in total. The van der Waals surface area contributed by atoms with Crippen LogP contribution in [0, 0.1) is 17.0 Å². The van der Waals surface area contributed by atoms with Crippen LogP contribution in [0.4, 0.5) is 11.4 Å².